The number of carbonyl (C=O) groups is 2. The van der Waals surface area contributed by atoms with Gasteiger partial charge in [0.2, 0.25) is 11.8 Å². The van der Waals surface area contributed by atoms with Gasteiger partial charge in [-0.3, -0.25) is 14.5 Å². The smallest absolute Gasteiger partial charge is 0.241 e. The maximum absolute atomic E-state index is 12.3. The molecule has 0 saturated carbocycles. The maximum atomic E-state index is 12.3. The molecular weight excluding hydrogens is 268 g/mol. The Morgan fingerprint density at radius 3 is 3.05 bits per heavy atom. The van der Waals surface area contributed by atoms with E-state index in [1.807, 2.05) is 36.1 Å². The first-order chi connectivity index (χ1) is 10.1. The van der Waals surface area contributed by atoms with Crippen molar-refractivity contribution in [1.82, 2.24) is 10.2 Å². The van der Waals surface area contributed by atoms with Gasteiger partial charge >= 0.3 is 0 Å². The second-order valence-electron chi connectivity index (χ2n) is 5.21. The van der Waals surface area contributed by atoms with Gasteiger partial charge in [-0.2, -0.15) is 0 Å². The molecule has 0 bridgehead atoms. The van der Waals surface area contributed by atoms with Crippen molar-refractivity contribution in [3.05, 3.63) is 29.8 Å². The van der Waals surface area contributed by atoms with Crippen LogP contribution in [0.5, 0.6) is 0 Å². The highest BCUT2D eigenvalue weighted by molar-refractivity contribution is 5.94. The Morgan fingerprint density at radius 1 is 1.48 bits per heavy atom. The summed E-state index contributed by atoms with van der Waals surface area (Å²) in [5.41, 5.74) is 7.32. The van der Waals surface area contributed by atoms with Gasteiger partial charge in [-0.25, -0.2) is 0 Å². The second kappa shape index (κ2) is 7.19. The third-order valence-electron chi connectivity index (χ3n) is 3.70. The lowest BCUT2D eigenvalue weighted by Gasteiger charge is -2.26. The van der Waals surface area contributed by atoms with Crippen molar-refractivity contribution in [2.24, 2.45) is 5.73 Å². The molecule has 1 aromatic rings. The van der Waals surface area contributed by atoms with Crippen LogP contribution in [0.25, 0.3) is 0 Å². The zero-order valence-electron chi connectivity index (χ0n) is 12.3. The number of nitrogens with one attached hydrogen (secondary N) is 2. The van der Waals surface area contributed by atoms with Crippen LogP contribution in [-0.2, 0) is 16.1 Å². The summed E-state index contributed by atoms with van der Waals surface area (Å²) < 4.78 is 0. The fourth-order valence-corrected chi connectivity index (χ4v) is 2.36. The average Bonchev–Trinajstić information content (AvgIpc) is 2.71. The van der Waals surface area contributed by atoms with E-state index < -0.39 is 0 Å². The lowest BCUT2D eigenvalue weighted by molar-refractivity contribution is -0.122. The van der Waals surface area contributed by atoms with Crippen LogP contribution in [0.15, 0.2) is 24.3 Å². The van der Waals surface area contributed by atoms with Crippen molar-refractivity contribution >= 4 is 17.5 Å². The van der Waals surface area contributed by atoms with Crippen LogP contribution in [0.2, 0.25) is 0 Å². The van der Waals surface area contributed by atoms with Crippen molar-refractivity contribution in [3.63, 3.8) is 0 Å². The minimum absolute atomic E-state index is 0.0424. The van der Waals surface area contributed by atoms with E-state index in [1.165, 1.54) is 0 Å². The first-order valence-electron chi connectivity index (χ1n) is 7.21. The standard InChI is InChI=1S/C15H22N4O2/c1-11(19-7-5-14(20)17-6-8-19)15(21)18-13-4-2-3-12(9-13)10-16/h2-4,9,11H,5-8,10,16H2,1H3,(H,17,20)(H,18,21). The Kier molecular flexibility index (Phi) is 5.30. The molecule has 1 unspecified atom stereocenters. The van der Waals surface area contributed by atoms with Gasteiger partial charge in [0.25, 0.3) is 0 Å². The first kappa shape index (κ1) is 15.5. The molecule has 1 fully saturated rings. The number of hydrogen-bond donors (Lipinski definition) is 3. The SMILES string of the molecule is CC(C(=O)Nc1cccc(CN)c1)N1CCNC(=O)CC1. The van der Waals surface area contributed by atoms with E-state index in [0.717, 1.165) is 11.3 Å². The quantitative estimate of drug-likeness (QED) is 0.744. The van der Waals surface area contributed by atoms with E-state index in [-0.39, 0.29) is 17.9 Å². The Morgan fingerprint density at radius 2 is 2.29 bits per heavy atom. The Balaban J connectivity index is 1.96. The molecule has 6 heteroatoms. The predicted octanol–water partition coefficient (Wildman–Crippen LogP) is 0.294. The van der Waals surface area contributed by atoms with Crippen LogP contribution >= 0.6 is 0 Å². The van der Waals surface area contributed by atoms with Crippen LogP contribution in [0, 0.1) is 0 Å². The lowest BCUT2D eigenvalue weighted by Crippen LogP contribution is -2.43. The molecule has 2 amide bonds. The second-order valence-corrected chi connectivity index (χ2v) is 5.21. The first-order valence-corrected chi connectivity index (χ1v) is 7.21. The predicted molar refractivity (Wildman–Crippen MR) is 81.6 cm³/mol. The Bertz CT molecular complexity index is 518. The molecule has 1 aliphatic heterocycles. The van der Waals surface area contributed by atoms with Gasteiger partial charge < -0.3 is 16.4 Å². The topological polar surface area (TPSA) is 87.5 Å². The van der Waals surface area contributed by atoms with Crippen LogP contribution < -0.4 is 16.4 Å². The summed E-state index contributed by atoms with van der Waals surface area (Å²) in [5, 5.41) is 5.71. The molecule has 1 aromatic carbocycles. The Labute approximate surface area is 124 Å². The molecule has 1 aliphatic rings. The van der Waals surface area contributed by atoms with Gasteiger partial charge in [0, 0.05) is 38.3 Å². The number of nitrogens with zero attached hydrogens (tertiary/aromatic N) is 1. The minimum Gasteiger partial charge on any atom is -0.355 e. The van der Waals surface area contributed by atoms with E-state index in [1.54, 1.807) is 0 Å². The van der Waals surface area contributed by atoms with Gasteiger partial charge in [-0.1, -0.05) is 12.1 Å². The highest BCUT2D eigenvalue weighted by Crippen LogP contribution is 2.12. The summed E-state index contributed by atoms with van der Waals surface area (Å²) in [4.78, 5) is 25.7. The normalized spacial score (nSPS) is 17.7. The molecule has 0 aliphatic carbocycles. The van der Waals surface area contributed by atoms with Crippen LogP contribution in [0.1, 0.15) is 18.9 Å². The number of nitrogens with two attached hydrogens (primary N) is 1. The number of amides is 2. The Hall–Kier alpha value is -1.92. The number of benzene rings is 1. The highest BCUT2D eigenvalue weighted by atomic mass is 16.2. The molecular formula is C15H22N4O2. The summed E-state index contributed by atoms with van der Waals surface area (Å²) in [6.07, 6.45) is 0.431. The fourth-order valence-electron chi connectivity index (χ4n) is 2.36. The van der Waals surface area contributed by atoms with Crippen LogP contribution in [-0.4, -0.2) is 42.4 Å². The van der Waals surface area contributed by atoms with E-state index in [9.17, 15) is 9.59 Å². The summed E-state index contributed by atoms with van der Waals surface area (Å²) in [6, 6.07) is 7.23. The van der Waals surface area contributed by atoms with Gasteiger partial charge in [0.1, 0.15) is 0 Å². The van der Waals surface area contributed by atoms with Crippen molar-refractivity contribution in [1.29, 1.82) is 0 Å². The molecule has 1 saturated heterocycles. The van der Waals surface area contributed by atoms with Crippen molar-refractivity contribution in [3.8, 4) is 0 Å². The number of carbonyl (C=O) groups excluding carboxylic acids is 2. The fraction of sp³-hybridized carbons (Fsp3) is 0.467. The summed E-state index contributed by atoms with van der Waals surface area (Å²) in [6.45, 7) is 4.17. The monoisotopic (exact) mass is 290 g/mol. The molecule has 1 atom stereocenters. The van der Waals surface area contributed by atoms with E-state index in [4.69, 9.17) is 5.73 Å². The molecule has 2 rings (SSSR count). The van der Waals surface area contributed by atoms with Gasteiger partial charge in [0.15, 0.2) is 0 Å². The number of hydrogen-bond acceptors (Lipinski definition) is 4. The van der Waals surface area contributed by atoms with Crippen molar-refractivity contribution in [2.45, 2.75) is 25.9 Å². The third kappa shape index (κ3) is 4.27. The number of anilines is 1. The van der Waals surface area contributed by atoms with Crippen molar-refractivity contribution < 1.29 is 9.59 Å². The molecule has 0 spiro atoms. The minimum atomic E-state index is -0.278. The van der Waals surface area contributed by atoms with E-state index in [2.05, 4.69) is 10.6 Å². The number of rotatable bonds is 4. The van der Waals surface area contributed by atoms with Crippen LogP contribution in [0.4, 0.5) is 5.69 Å². The van der Waals surface area contributed by atoms with Gasteiger partial charge in [-0.05, 0) is 24.6 Å². The summed E-state index contributed by atoms with van der Waals surface area (Å²) in [7, 11) is 0. The molecule has 4 N–H and O–H groups in total. The van der Waals surface area contributed by atoms with Gasteiger partial charge in [0.05, 0.1) is 6.04 Å². The van der Waals surface area contributed by atoms with Crippen LogP contribution in [0.3, 0.4) is 0 Å². The summed E-state index contributed by atoms with van der Waals surface area (Å²) in [5.74, 6) is -0.0284. The average molecular weight is 290 g/mol. The van der Waals surface area contributed by atoms with Gasteiger partial charge in [-0.15, -0.1) is 0 Å². The summed E-state index contributed by atoms with van der Waals surface area (Å²) >= 11 is 0. The molecule has 21 heavy (non-hydrogen) atoms. The molecule has 114 valence electrons. The largest absolute Gasteiger partial charge is 0.355 e. The molecule has 1 heterocycles. The molecule has 0 aromatic heterocycles. The maximum Gasteiger partial charge on any atom is 0.241 e. The third-order valence-corrected chi connectivity index (χ3v) is 3.70. The van der Waals surface area contributed by atoms with E-state index >= 15 is 0 Å². The zero-order chi connectivity index (χ0) is 15.2. The highest BCUT2D eigenvalue weighted by Gasteiger charge is 2.23. The van der Waals surface area contributed by atoms with E-state index in [0.29, 0.717) is 32.6 Å². The molecule has 0 radical (unpaired) electrons. The molecule has 6 nitrogen and oxygen atoms in total. The zero-order valence-corrected chi connectivity index (χ0v) is 12.3. The van der Waals surface area contributed by atoms with Crippen molar-refractivity contribution in [2.75, 3.05) is 25.0 Å². The lowest BCUT2D eigenvalue weighted by atomic mass is 10.2.